The van der Waals surface area contributed by atoms with E-state index in [1.54, 1.807) is 0 Å². The molecule has 0 aliphatic carbocycles. The Morgan fingerprint density at radius 3 is 3.20 bits per heavy atom. The fourth-order valence-corrected chi connectivity index (χ4v) is 1.06. The molecule has 1 aromatic carbocycles. The molecule has 0 N–H and O–H groups in total. The Morgan fingerprint density at radius 2 is 2.40 bits per heavy atom. The van der Waals surface area contributed by atoms with Gasteiger partial charge in [0.05, 0.1) is 0 Å². The smallest absolute Gasteiger partial charge is 0.134 e. The highest BCUT2D eigenvalue weighted by molar-refractivity contribution is 5.77. The average molecular weight is 131 g/mol. The van der Waals surface area contributed by atoms with Gasteiger partial charge in [0.2, 0.25) is 0 Å². The third-order valence-corrected chi connectivity index (χ3v) is 1.49. The summed E-state index contributed by atoms with van der Waals surface area (Å²) >= 11 is 0. The van der Waals surface area contributed by atoms with Crippen molar-refractivity contribution in [2.45, 2.75) is 6.92 Å². The minimum Gasteiger partial charge on any atom is -0.461 e. The van der Waals surface area contributed by atoms with E-state index in [0.717, 1.165) is 16.7 Å². The van der Waals surface area contributed by atoms with E-state index >= 15 is 0 Å². The van der Waals surface area contributed by atoms with E-state index in [4.69, 9.17) is 4.42 Å². The topological polar surface area (TPSA) is 13.1 Å². The van der Waals surface area contributed by atoms with Crippen molar-refractivity contribution >= 4 is 11.0 Å². The van der Waals surface area contributed by atoms with Crippen LogP contribution in [0.5, 0.6) is 0 Å². The van der Waals surface area contributed by atoms with Crippen LogP contribution in [-0.2, 0) is 0 Å². The second-order valence-corrected chi connectivity index (χ2v) is 2.32. The summed E-state index contributed by atoms with van der Waals surface area (Å²) in [5, 5.41) is 1.15. The zero-order valence-electron chi connectivity index (χ0n) is 5.72. The summed E-state index contributed by atoms with van der Waals surface area (Å²) in [6.07, 6.45) is 0. The van der Waals surface area contributed by atoms with Gasteiger partial charge in [-0.1, -0.05) is 12.1 Å². The van der Waals surface area contributed by atoms with E-state index in [0.29, 0.717) is 0 Å². The molecule has 0 amide bonds. The first-order valence-corrected chi connectivity index (χ1v) is 3.22. The van der Waals surface area contributed by atoms with Gasteiger partial charge in [-0.15, -0.1) is 0 Å². The lowest BCUT2D eigenvalue weighted by molar-refractivity contribution is 0.578. The number of hydrogen-bond donors (Lipinski definition) is 0. The molecule has 49 valence electrons. The summed E-state index contributed by atoms with van der Waals surface area (Å²) in [6, 6.07) is 10.7. The number of furan rings is 1. The van der Waals surface area contributed by atoms with Gasteiger partial charge in [-0.25, -0.2) is 0 Å². The molecule has 1 nitrogen and oxygen atoms in total. The molecule has 0 bridgehead atoms. The molecule has 2 rings (SSSR count). The van der Waals surface area contributed by atoms with Gasteiger partial charge < -0.3 is 4.42 Å². The quantitative estimate of drug-likeness (QED) is 0.535. The van der Waals surface area contributed by atoms with Crippen molar-refractivity contribution in [2.24, 2.45) is 0 Å². The number of rotatable bonds is 0. The molecule has 1 heterocycles. The second-order valence-electron chi connectivity index (χ2n) is 2.32. The summed E-state index contributed by atoms with van der Waals surface area (Å²) in [5.74, 6) is 0.953. The van der Waals surface area contributed by atoms with E-state index in [-0.39, 0.29) is 0 Å². The van der Waals surface area contributed by atoms with Crippen LogP contribution in [0.3, 0.4) is 0 Å². The fraction of sp³-hybridized carbons (Fsp3) is 0.111. The first-order chi connectivity index (χ1) is 4.86. The molecule has 1 radical (unpaired) electrons. The lowest BCUT2D eigenvalue weighted by Gasteiger charge is -1.81. The summed E-state index contributed by atoms with van der Waals surface area (Å²) < 4.78 is 5.34. The summed E-state index contributed by atoms with van der Waals surface area (Å²) in [6.45, 7) is 1.94. The Bertz CT molecular complexity index is 313. The van der Waals surface area contributed by atoms with Crippen molar-refractivity contribution in [1.29, 1.82) is 0 Å². The highest BCUT2D eigenvalue weighted by atomic mass is 16.3. The number of hydrogen-bond acceptors (Lipinski definition) is 1. The van der Waals surface area contributed by atoms with Crippen LogP contribution in [0.15, 0.2) is 28.7 Å². The third-order valence-electron chi connectivity index (χ3n) is 1.49. The first-order valence-electron chi connectivity index (χ1n) is 3.22. The molecule has 0 saturated heterocycles. The Hall–Kier alpha value is -1.24. The lowest BCUT2D eigenvalue weighted by Crippen LogP contribution is -1.58. The number of benzene rings is 1. The largest absolute Gasteiger partial charge is 0.461 e. The van der Waals surface area contributed by atoms with Gasteiger partial charge in [-0.05, 0) is 25.1 Å². The Labute approximate surface area is 59.3 Å². The molecule has 0 saturated carbocycles. The van der Waals surface area contributed by atoms with E-state index < -0.39 is 0 Å². The normalized spacial score (nSPS) is 10.5. The van der Waals surface area contributed by atoms with Crippen molar-refractivity contribution < 1.29 is 4.42 Å². The Kier molecular flexibility index (Phi) is 1.04. The van der Waals surface area contributed by atoms with Gasteiger partial charge in [-0.3, -0.25) is 0 Å². The maximum absolute atomic E-state index is 5.34. The van der Waals surface area contributed by atoms with Gasteiger partial charge >= 0.3 is 0 Å². The predicted molar refractivity (Wildman–Crippen MR) is 39.8 cm³/mol. The van der Waals surface area contributed by atoms with Gasteiger partial charge in [0.1, 0.15) is 11.3 Å². The van der Waals surface area contributed by atoms with E-state index in [1.165, 1.54) is 0 Å². The minimum atomic E-state index is 0.917. The van der Waals surface area contributed by atoms with Gasteiger partial charge in [0.15, 0.2) is 0 Å². The molecule has 10 heavy (non-hydrogen) atoms. The molecule has 0 spiro atoms. The average Bonchev–Trinajstić information content (AvgIpc) is 2.27. The maximum Gasteiger partial charge on any atom is 0.134 e. The molecule has 2 aromatic rings. The van der Waals surface area contributed by atoms with Crippen LogP contribution in [-0.4, -0.2) is 0 Å². The van der Waals surface area contributed by atoms with Crippen LogP contribution in [0, 0.1) is 13.0 Å². The van der Waals surface area contributed by atoms with Gasteiger partial charge in [0, 0.05) is 5.39 Å². The highest BCUT2D eigenvalue weighted by Crippen LogP contribution is 2.16. The maximum atomic E-state index is 5.34. The standard InChI is InChI=1S/C9H7O/c1-7-6-8-4-2-3-5-9(8)10-7/h2,4-6H,1H3. The van der Waals surface area contributed by atoms with Crippen LogP contribution >= 0.6 is 0 Å². The van der Waals surface area contributed by atoms with E-state index in [9.17, 15) is 0 Å². The van der Waals surface area contributed by atoms with E-state index in [2.05, 4.69) is 6.07 Å². The SMILES string of the molecule is Cc1cc2cc[c]cc2o1. The van der Waals surface area contributed by atoms with Crippen LogP contribution in [0.2, 0.25) is 0 Å². The third kappa shape index (κ3) is 0.711. The number of fused-ring (bicyclic) bond motifs is 1. The fourth-order valence-electron chi connectivity index (χ4n) is 1.06. The molecule has 1 heteroatoms. The Morgan fingerprint density at radius 1 is 1.50 bits per heavy atom. The molecule has 0 aliphatic heterocycles. The lowest BCUT2D eigenvalue weighted by atomic mass is 10.2. The van der Waals surface area contributed by atoms with Crippen molar-refractivity contribution in [1.82, 2.24) is 0 Å². The molecule has 0 aliphatic rings. The minimum absolute atomic E-state index is 0.917. The van der Waals surface area contributed by atoms with Crippen LogP contribution < -0.4 is 0 Å². The van der Waals surface area contributed by atoms with Crippen molar-refractivity contribution in [3.05, 3.63) is 36.1 Å². The zero-order chi connectivity index (χ0) is 6.97. The number of aryl methyl sites for hydroxylation is 1. The van der Waals surface area contributed by atoms with Gasteiger partial charge in [0.25, 0.3) is 0 Å². The molecule has 0 unspecified atom stereocenters. The van der Waals surface area contributed by atoms with E-state index in [1.807, 2.05) is 31.2 Å². The Balaban J connectivity index is 2.88. The molecular formula is C9H7O. The first kappa shape index (κ1) is 5.54. The summed E-state index contributed by atoms with van der Waals surface area (Å²) in [7, 11) is 0. The van der Waals surface area contributed by atoms with Crippen molar-refractivity contribution in [3.8, 4) is 0 Å². The molecular weight excluding hydrogens is 124 g/mol. The monoisotopic (exact) mass is 131 g/mol. The van der Waals surface area contributed by atoms with Crippen LogP contribution in [0.4, 0.5) is 0 Å². The summed E-state index contributed by atoms with van der Waals surface area (Å²) in [4.78, 5) is 0. The summed E-state index contributed by atoms with van der Waals surface area (Å²) in [5.41, 5.74) is 0.917. The zero-order valence-corrected chi connectivity index (χ0v) is 5.72. The van der Waals surface area contributed by atoms with Crippen LogP contribution in [0.25, 0.3) is 11.0 Å². The van der Waals surface area contributed by atoms with Crippen LogP contribution in [0.1, 0.15) is 5.76 Å². The predicted octanol–water partition coefficient (Wildman–Crippen LogP) is 2.54. The molecule has 0 fully saturated rings. The van der Waals surface area contributed by atoms with Crippen molar-refractivity contribution in [3.63, 3.8) is 0 Å². The molecule has 1 aromatic heterocycles. The highest BCUT2D eigenvalue weighted by Gasteiger charge is 1.95. The second kappa shape index (κ2) is 1.87. The van der Waals surface area contributed by atoms with Crippen molar-refractivity contribution in [2.75, 3.05) is 0 Å². The van der Waals surface area contributed by atoms with Gasteiger partial charge in [-0.2, -0.15) is 0 Å². The molecule has 0 atom stereocenters.